The zero-order valence-electron chi connectivity index (χ0n) is 10.5. The van der Waals surface area contributed by atoms with Crippen LogP contribution in [0.25, 0.3) is 0 Å². The van der Waals surface area contributed by atoms with Gasteiger partial charge in [0.25, 0.3) is 0 Å². The summed E-state index contributed by atoms with van der Waals surface area (Å²) in [7, 11) is 0. The molecule has 0 fully saturated rings. The summed E-state index contributed by atoms with van der Waals surface area (Å²) in [6.07, 6.45) is 0.464. The first-order valence-electron chi connectivity index (χ1n) is 5.41. The summed E-state index contributed by atoms with van der Waals surface area (Å²) in [5.41, 5.74) is 3.89. The highest BCUT2D eigenvalue weighted by atomic mass is 16.4. The molecule has 5 heteroatoms. The zero-order chi connectivity index (χ0) is 13.0. The predicted molar refractivity (Wildman–Crippen MR) is 61.9 cm³/mol. The average molecular weight is 230 g/mol. The standard InChI is InChI=1S/C11H22N2O3/c1-5-11(4,9(15)16)7-13-8(14)10(2,3)6-12/h5-7,12H2,1-4H3,(H,13,14)(H,15,16). The van der Waals surface area contributed by atoms with Gasteiger partial charge in [-0.1, -0.05) is 6.92 Å². The molecule has 0 aromatic heterocycles. The van der Waals surface area contributed by atoms with Crippen LogP contribution in [0.15, 0.2) is 0 Å². The van der Waals surface area contributed by atoms with E-state index in [1.54, 1.807) is 27.7 Å². The summed E-state index contributed by atoms with van der Waals surface area (Å²) in [5, 5.41) is 11.7. The van der Waals surface area contributed by atoms with E-state index in [-0.39, 0.29) is 19.0 Å². The summed E-state index contributed by atoms with van der Waals surface area (Å²) in [4.78, 5) is 22.7. The van der Waals surface area contributed by atoms with Gasteiger partial charge in [0.1, 0.15) is 0 Å². The number of nitrogens with two attached hydrogens (primary N) is 1. The lowest BCUT2D eigenvalue weighted by Crippen LogP contribution is -2.47. The summed E-state index contributed by atoms with van der Waals surface area (Å²) < 4.78 is 0. The second-order valence-corrected chi connectivity index (χ2v) is 4.99. The van der Waals surface area contributed by atoms with Crippen LogP contribution in [0.5, 0.6) is 0 Å². The second kappa shape index (κ2) is 5.30. The van der Waals surface area contributed by atoms with Crippen LogP contribution in [0.4, 0.5) is 0 Å². The van der Waals surface area contributed by atoms with E-state index in [9.17, 15) is 9.59 Å². The number of hydrogen-bond donors (Lipinski definition) is 3. The van der Waals surface area contributed by atoms with Crippen molar-refractivity contribution < 1.29 is 14.7 Å². The maximum atomic E-state index is 11.7. The molecule has 1 amide bonds. The molecule has 0 aromatic carbocycles. The molecule has 0 heterocycles. The smallest absolute Gasteiger partial charge is 0.311 e. The van der Waals surface area contributed by atoms with E-state index in [4.69, 9.17) is 10.8 Å². The van der Waals surface area contributed by atoms with E-state index in [0.717, 1.165) is 0 Å². The molecule has 0 spiro atoms. The number of carboxylic acid groups (broad SMARTS) is 1. The van der Waals surface area contributed by atoms with E-state index in [0.29, 0.717) is 6.42 Å². The fraction of sp³-hybridized carbons (Fsp3) is 0.818. The van der Waals surface area contributed by atoms with Crippen LogP contribution >= 0.6 is 0 Å². The Balaban J connectivity index is 4.45. The number of carbonyl (C=O) groups excluding carboxylic acids is 1. The zero-order valence-corrected chi connectivity index (χ0v) is 10.5. The van der Waals surface area contributed by atoms with Gasteiger partial charge in [-0.2, -0.15) is 0 Å². The lowest BCUT2D eigenvalue weighted by atomic mass is 9.86. The van der Waals surface area contributed by atoms with Crippen molar-refractivity contribution in [2.24, 2.45) is 16.6 Å². The first-order valence-corrected chi connectivity index (χ1v) is 5.41. The molecular weight excluding hydrogens is 208 g/mol. The number of carbonyl (C=O) groups is 2. The van der Waals surface area contributed by atoms with Gasteiger partial charge >= 0.3 is 5.97 Å². The third-order valence-electron chi connectivity index (χ3n) is 3.06. The lowest BCUT2D eigenvalue weighted by molar-refractivity contribution is -0.148. The highest BCUT2D eigenvalue weighted by molar-refractivity contribution is 5.83. The minimum Gasteiger partial charge on any atom is -0.481 e. The first-order chi connectivity index (χ1) is 7.19. The molecule has 0 radical (unpaired) electrons. The van der Waals surface area contributed by atoms with Gasteiger partial charge in [0.2, 0.25) is 5.91 Å². The molecule has 0 saturated heterocycles. The monoisotopic (exact) mass is 230 g/mol. The predicted octanol–water partition coefficient (Wildman–Crippen LogP) is 0.588. The van der Waals surface area contributed by atoms with Crippen molar-refractivity contribution in [1.29, 1.82) is 0 Å². The number of rotatable bonds is 6. The molecule has 0 aliphatic heterocycles. The molecule has 4 N–H and O–H groups in total. The highest BCUT2D eigenvalue weighted by Gasteiger charge is 2.33. The van der Waals surface area contributed by atoms with E-state index in [1.807, 2.05) is 0 Å². The quantitative estimate of drug-likeness (QED) is 0.622. The largest absolute Gasteiger partial charge is 0.481 e. The number of aliphatic carboxylic acids is 1. The minimum absolute atomic E-state index is 0.126. The SMILES string of the molecule is CCC(C)(CNC(=O)C(C)(C)CN)C(=O)O. The summed E-state index contributed by atoms with van der Waals surface area (Å²) in [6, 6.07) is 0. The van der Waals surface area contributed by atoms with Crippen LogP contribution in [-0.4, -0.2) is 30.1 Å². The summed E-state index contributed by atoms with van der Waals surface area (Å²) >= 11 is 0. The van der Waals surface area contributed by atoms with Gasteiger partial charge in [0.05, 0.1) is 10.8 Å². The Hall–Kier alpha value is -1.10. The van der Waals surface area contributed by atoms with Crippen LogP contribution < -0.4 is 11.1 Å². The Morgan fingerprint density at radius 3 is 2.12 bits per heavy atom. The maximum absolute atomic E-state index is 11.7. The van der Waals surface area contributed by atoms with Crippen LogP contribution in [0.1, 0.15) is 34.1 Å². The third kappa shape index (κ3) is 3.48. The fourth-order valence-corrected chi connectivity index (χ4v) is 0.959. The Labute approximate surface area is 96.4 Å². The van der Waals surface area contributed by atoms with Crippen molar-refractivity contribution in [1.82, 2.24) is 5.32 Å². The molecule has 1 unspecified atom stereocenters. The number of nitrogens with one attached hydrogen (secondary N) is 1. The van der Waals surface area contributed by atoms with Gasteiger partial charge < -0.3 is 16.2 Å². The lowest BCUT2D eigenvalue weighted by Gasteiger charge is -2.27. The molecule has 0 aliphatic carbocycles. The Bertz CT molecular complexity index is 276. The number of hydrogen-bond acceptors (Lipinski definition) is 3. The number of carboxylic acids is 1. The Kier molecular flexibility index (Phi) is 4.93. The maximum Gasteiger partial charge on any atom is 0.311 e. The molecule has 16 heavy (non-hydrogen) atoms. The van der Waals surface area contributed by atoms with Crippen LogP contribution in [0.2, 0.25) is 0 Å². The molecular formula is C11H22N2O3. The van der Waals surface area contributed by atoms with Crippen molar-refractivity contribution in [3.63, 3.8) is 0 Å². The van der Waals surface area contributed by atoms with Crippen molar-refractivity contribution in [3.05, 3.63) is 0 Å². The number of amides is 1. The van der Waals surface area contributed by atoms with Crippen LogP contribution in [-0.2, 0) is 9.59 Å². The highest BCUT2D eigenvalue weighted by Crippen LogP contribution is 2.21. The van der Waals surface area contributed by atoms with Gasteiger partial charge in [-0.05, 0) is 27.2 Å². The molecule has 0 bridgehead atoms. The third-order valence-corrected chi connectivity index (χ3v) is 3.06. The van der Waals surface area contributed by atoms with Crippen LogP contribution in [0, 0.1) is 10.8 Å². The van der Waals surface area contributed by atoms with Gasteiger partial charge in [-0.15, -0.1) is 0 Å². The molecule has 1 atom stereocenters. The Morgan fingerprint density at radius 1 is 1.31 bits per heavy atom. The van der Waals surface area contributed by atoms with Crippen molar-refractivity contribution in [2.75, 3.05) is 13.1 Å². The molecule has 0 saturated carbocycles. The van der Waals surface area contributed by atoms with Crippen LogP contribution in [0.3, 0.4) is 0 Å². The normalized spacial score (nSPS) is 15.3. The molecule has 0 rings (SSSR count). The van der Waals surface area contributed by atoms with E-state index >= 15 is 0 Å². The van der Waals surface area contributed by atoms with Crippen molar-refractivity contribution in [3.8, 4) is 0 Å². The van der Waals surface area contributed by atoms with Crippen molar-refractivity contribution in [2.45, 2.75) is 34.1 Å². The molecule has 94 valence electrons. The molecule has 0 aliphatic rings. The first kappa shape index (κ1) is 14.9. The minimum atomic E-state index is -0.916. The van der Waals surface area contributed by atoms with E-state index < -0.39 is 16.8 Å². The van der Waals surface area contributed by atoms with Gasteiger partial charge in [0.15, 0.2) is 0 Å². The summed E-state index contributed by atoms with van der Waals surface area (Å²) in [5.74, 6) is -1.11. The average Bonchev–Trinajstić information content (AvgIpc) is 2.24. The van der Waals surface area contributed by atoms with E-state index in [1.165, 1.54) is 0 Å². The molecule has 5 nitrogen and oxygen atoms in total. The second-order valence-electron chi connectivity index (χ2n) is 4.99. The fourth-order valence-electron chi connectivity index (χ4n) is 0.959. The van der Waals surface area contributed by atoms with Crippen molar-refractivity contribution >= 4 is 11.9 Å². The topological polar surface area (TPSA) is 92.4 Å². The summed E-state index contributed by atoms with van der Waals surface area (Å²) in [6.45, 7) is 7.22. The van der Waals surface area contributed by atoms with Gasteiger partial charge in [-0.3, -0.25) is 9.59 Å². The van der Waals surface area contributed by atoms with Gasteiger partial charge in [0, 0.05) is 13.1 Å². The Morgan fingerprint density at radius 2 is 1.81 bits per heavy atom. The molecule has 0 aromatic rings. The van der Waals surface area contributed by atoms with E-state index in [2.05, 4.69) is 5.32 Å². The van der Waals surface area contributed by atoms with Gasteiger partial charge in [-0.25, -0.2) is 0 Å².